The zero-order valence-corrected chi connectivity index (χ0v) is 12.4. The van der Waals surface area contributed by atoms with E-state index in [0.717, 1.165) is 6.54 Å². The molecule has 0 atom stereocenters. The van der Waals surface area contributed by atoms with Crippen LogP contribution in [0, 0.1) is 0 Å². The van der Waals surface area contributed by atoms with Gasteiger partial charge in [0.2, 0.25) is 0 Å². The molecule has 0 saturated heterocycles. The van der Waals surface area contributed by atoms with Crippen LogP contribution < -0.4 is 5.32 Å². The van der Waals surface area contributed by atoms with Crippen LogP contribution in [0.4, 0.5) is 0 Å². The van der Waals surface area contributed by atoms with Gasteiger partial charge in [-0.15, -0.1) is 0 Å². The maximum atomic E-state index is 3.77. The SMILES string of the molecule is c1ccc2c(c1)[nH]c1cccc(CNC3CCCCC3)c12. The molecule has 1 saturated carbocycles. The maximum Gasteiger partial charge on any atom is 0.0468 e. The van der Waals surface area contributed by atoms with E-state index in [1.165, 1.54) is 59.5 Å². The minimum Gasteiger partial charge on any atom is -0.355 e. The lowest BCUT2D eigenvalue weighted by molar-refractivity contribution is 0.373. The smallest absolute Gasteiger partial charge is 0.0468 e. The summed E-state index contributed by atoms with van der Waals surface area (Å²) in [7, 11) is 0. The third-order valence-electron chi connectivity index (χ3n) is 4.80. The number of aromatic amines is 1. The molecule has 2 aromatic carbocycles. The first kappa shape index (κ1) is 12.9. The lowest BCUT2D eigenvalue weighted by atomic mass is 9.95. The fraction of sp³-hybridized carbons (Fsp3) is 0.368. The molecule has 2 N–H and O–H groups in total. The third kappa shape index (κ3) is 2.44. The van der Waals surface area contributed by atoms with Gasteiger partial charge in [0, 0.05) is 34.4 Å². The number of benzene rings is 2. The predicted molar refractivity (Wildman–Crippen MR) is 89.5 cm³/mol. The lowest BCUT2D eigenvalue weighted by Gasteiger charge is -2.23. The molecule has 0 bridgehead atoms. The first-order valence-electron chi connectivity index (χ1n) is 8.13. The van der Waals surface area contributed by atoms with E-state index in [1.807, 2.05) is 0 Å². The monoisotopic (exact) mass is 278 g/mol. The van der Waals surface area contributed by atoms with Crippen LogP contribution in [0.3, 0.4) is 0 Å². The number of H-pyrrole nitrogens is 1. The highest BCUT2D eigenvalue weighted by Crippen LogP contribution is 2.28. The summed E-state index contributed by atoms with van der Waals surface area (Å²) >= 11 is 0. The second kappa shape index (κ2) is 5.53. The molecule has 108 valence electrons. The van der Waals surface area contributed by atoms with E-state index >= 15 is 0 Å². The normalized spacial score (nSPS) is 16.8. The zero-order chi connectivity index (χ0) is 14.1. The van der Waals surface area contributed by atoms with Crippen LogP contribution in [0.15, 0.2) is 42.5 Å². The standard InChI is InChI=1S/C19H22N2/c1-2-8-15(9-3-1)20-13-14-7-6-12-18-19(14)16-10-4-5-11-17(16)21-18/h4-7,10-12,15,20-21H,1-3,8-9,13H2. The molecule has 0 amide bonds. The van der Waals surface area contributed by atoms with Gasteiger partial charge in [0.1, 0.15) is 0 Å². The van der Waals surface area contributed by atoms with E-state index in [1.54, 1.807) is 0 Å². The second-order valence-electron chi connectivity index (χ2n) is 6.23. The van der Waals surface area contributed by atoms with Crippen molar-refractivity contribution in [3.05, 3.63) is 48.0 Å². The van der Waals surface area contributed by atoms with Crippen molar-refractivity contribution in [2.75, 3.05) is 0 Å². The van der Waals surface area contributed by atoms with Gasteiger partial charge in [-0.3, -0.25) is 0 Å². The molecule has 0 radical (unpaired) electrons. The van der Waals surface area contributed by atoms with Crippen molar-refractivity contribution in [3.63, 3.8) is 0 Å². The number of hydrogen-bond acceptors (Lipinski definition) is 1. The summed E-state index contributed by atoms with van der Waals surface area (Å²) < 4.78 is 0. The topological polar surface area (TPSA) is 27.8 Å². The minimum absolute atomic E-state index is 0.708. The van der Waals surface area contributed by atoms with Crippen molar-refractivity contribution in [2.45, 2.75) is 44.7 Å². The average Bonchev–Trinajstić information content (AvgIpc) is 2.93. The van der Waals surface area contributed by atoms with E-state index in [2.05, 4.69) is 52.8 Å². The zero-order valence-electron chi connectivity index (χ0n) is 12.4. The number of hydrogen-bond donors (Lipinski definition) is 2. The van der Waals surface area contributed by atoms with Crippen LogP contribution >= 0.6 is 0 Å². The van der Waals surface area contributed by atoms with Gasteiger partial charge in [-0.2, -0.15) is 0 Å². The Labute approximate surface area is 125 Å². The van der Waals surface area contributed by atoms with Gasteiger partial charge < -0.3 is 10.3 Å². The third-order valence-corrected chi connectivity index (χ3v) is 4.80. The summed E-state index contributed by atoms with van der Waals surface area (Å²) in [6, 6.07) is 15.9. The van der Waals surface area contributed by atoms with Crippen LogP contribution in [0.5, 0.6) is 0 Å². The lowest BCUT2D eigenvalue weighted by Crippen LogP contribution is -2.30. The van der Waals surface area contributed by atoms with Gasteiger partial charge in [-0.05, 0) is 30.5 Å². The number of para-hydroxylation sites is 1. The Morgan fingerprint density at radius 3 is 2.62 bits per heavy atom. The van der Waals surface area contributed by atoms with Crippen molar-refractivity contribution in [2.24, 2.45) is 0 Å². The molecule has 2 heteroatoms. The molecule has 21 heavy (non-hydrogen) atoms. The highest BCUT2D eigenvalue weighted by molar-refractivity contribution is 6.08. The molecule has 1 aliphatic carbocycles. The van der Waals surface area contributed by atoms with E-state index in [0.29, 0.717) is 6.04 Å². The van der Waals surface area contributed by atoms with Crippen molar-refractivity contribution in [3.8, 4) is 0 Å². The van der Waals surface area contributed by atoms with Crippen LogP contribution in [-0.4, -0.2) is 11.0 Å². The van der Waals surface area contributed by atoms with E-state index < -0.39 is 0 Å². The van der Waals surface area contributed by atoms with E-state index in [9.17, 15) is 0 Å². The highest BCUT2D eigenvalue weighted by atomic mass is 14.9. The molecule has 1 fully saturated rings. The van der Waals surface area contributed by atoms with Gasteiger partial charge in [0.25, 0.3) is 0 Å². The van der Waals surface area contributed by atoms with Crippen LogP contribution in [0.25, 0.3) is 21.8 Å². The maximum absolute atomic E-state index is 3.77. The van der Waals surface area contributed by atoms with Gasteiger partial charge in [-0.1, -0.05) is 49.6 Å². The molecule has 0 spiro atoms. The molecule has 1 aliphatic rings. The van der Waals surface area contributed by atoms with Gasteiger partial charge in [0.15, 0.2) is 0 Å². The van der Waals surface area contributed by atoms with Gasteiger partial charge in [0.05, 0.1) is 0 Å². The minimum atomic E-state index is 0.708. The predicted octanol–water partition coefficient (Wildman–Crippen LogP) is 4.74. The van der Waals surface area contributed by atoms with Crippen LogP contribution in [-0.2, 0) is 6.54 Å². The molecule has 1 heterocycles. The molecule has 4 rings (SSSR count). The summed E-state index contributed by atoms with van der Waals surface area (Å²) in [4.78, 5) is 3.53. The van der Waals surface area contributed by atoms with E-state index in [-0.39, 0.29) is 0 Å². The second-order valence-corrected chi connectivity index (χ2v) is 6.23. The van der Waals surface area contributed by atoms with Crippen LogP contribution in [0.2, 0.25) is 0 Å². The largest absolute Gasteiger partial charge is 0.355 e. The summed E-state index contributed by atoms with van der Waals surface area (Å²) in [5.74, 6) is 0. The molecule has 3 aromatic rings. The first-order chi connectivity index (χ1) is 10.4. The fourth-order valence-electron chi connectivity index (χ4n) is 3.69. The van der Waals surface area contributed by atoms with Gasteiger partial charge in [-0.25, -0.2) is 0 Å². The molecular weight excluding hydrogens is 256 g/mol. The fourth-order valence-corrected chi connectivity index (χ4v) is 3.69. The highest BCUT2D eigenvalue weighted by Gasteiger charge is 2.14. The van der Waals surface area contributed by atoms with Gasteiger partial charge >= 0.3 is 0 Å². The number of rotatable bonds is 3. The van der Waals surface area contributed by atoms with Crippen molar-refractivity contribution in [1.29, 1.82) is 0 Å². The number of fused-ring (bicyclic) bond motifs is 3. The Morgan fingerprint density at radius 1 is 0.905 bits per heavy atom. The molecule has 0 aliphatic heterocycles. The van der Waals surface area contributed by atoms with E-state index in [4.69, 9.17) is 0 Å². The Balaban J connectivity index is 1.67. The van der Waals surface area contributed by atoms with Crippen molar-refractivity contribution in [1.82, 2.24) is 10.3 Å². The Morgan fingerprint density at radius 2 is 1.71 bits per heavy atom. The summed E-state index contributed by atoms with van der Waals surface area (Å²) in [5.41, 5.74) is 3.90. The molecule has 2 nitrogen and oxygen atoms in total. The molecule has 0 unspecified atom stereocenters. The molecular formula is C19H22N2. The summed E-state index contributed by atoms with van der Waals surface area (Å²) in [6.45, 7) is 0.976. The molecule has 1 aromatic heterocycles. The Bertz CT molecular complexity index is 750. The summed E-state index contributed by atoms with van der Waals surface area (Å²) in [5, 5.41) is 6.50. The average molecular weight is 278 g/mol. The quantitative estimate of drug-likeness (QED) is 0.711. The number of nitrogens with one attached hydrogen (secondary N) is 2. The Kier molecular flexibility index (Phi) is 3.40. The first-order valence-corrected chi connectivity index (χ1v) is 8.13. The van der Waals surface area contributed by atoms with Crippen LogP contribution in [0.1, 0.15) is 37.7 Å². The van der Waals surface area contributed by atoms with Crippen molar-refractivity contribution < 1.29 is 0 Å². The summed E-state index contributed by atoms with van der Waals surface area (Å²) in [6.07, 6.45) is 6.85. The van der Waals surface area contributed by atoms with Crippen molar-refractivity contribution >= 4 is 21.8 Å². The number of aromatic nitrogens is 1. The Hall–Kier alpha value is -1.80.